The second-order valence-corrected chi connectivity index (χ2v) is 5.26. The Morgan fingerprint density at radius 3 is 2.65 bits per heavy atom. The summed E-state index contributed by atoms with van der Waals surface area (Å²) in [6.45, 7) is 7.57. The van der Waals surface area contributed by atoms with Crippen LogP contribution < -0.4 is 5.32 Å². The Morgan fingerprint density at radius 1 is 1.41 bits per heavy atom. The van der Waals surface area contributed by atoms with Crippen molar-refractivity contribution in [2.75, 3.05) is 11.9 Å². The molecule has 1 rings (SSSR count). The molecule has 0 radical (unpaired) electrons. The van der Waals surface area contributed by atoms with Crippen LogP contribution in [0, 0.1) is 6.92 Å². The Hall–Kier alpha value is -1.22. The summed E-state index contributed by atoms with van der Waals surface area (Å²) in [4.78, 5) is 11.5. The predicted octanol–water partition coefficient (Wildman–Crippen LogP) is 3.40. The molecule has 1 aromatic carbocycles. The third kappa shape index (κ3) is 4.65. The molecule has 0 aliphatic heterocycles. The van der Waals surface area contributed by atoms with E-state index in [4.69, 9.17) is 16.3 Å². The number of benzene rings is 1. The average Bonchev–Trinajstić information content (AvgIpc) is 2.18. The number of anilines is 1. The molecule has 0 amide bonds. The molecular formula is C13H18ClNO2. The average molecular weight is 256 g/mol. The zero-order valence-corrected chi connectivity index (χ0v) is 11.4. The fourth-order valence-corrected chi connectivity index (χ4v) is 1.52. The van der Waals surface area contributed by atoms with Crippen molar-refractivity contribution in [3.8, 4) is 0 Å². The first kappa shape index (κ1) is 13.8. The lowest BCUT2D eigenvalue weighted by molar-refractivity contribution is -0.152. The zero-order valence-electron chi connectivity index (χ0n) is 10.6. The van der Waals surface area contributed by atoms with Gasteiger partial charge in [0.1, 0.15) is 12.1 Å². The Balaban J connectivity index is 2.56. The molecule has 0 saturated carbocycles. The predicted molar refractivity (Wildman–Crippen MR) is 70.5 cm³/mol. The highest BCUT2D eigenvalue weighted by atomic mass is 35.5. The largest absolute Gasteiger partial charge is 0.459 e. The van der Waals surface area contributed by atoms with E-state index in [1.165, 1.54) is 0 Å². The summed E-state index contributed by atoms with van der Waals surface area (Å²) in [5.41, 5.74) is 1.32. The highest BCUT2D eigenvalue weighted by Crippen LogP contribution is 2.22. The number of carbonyl (C=O) groups is 1. The number of hydrogen-bond acceptors (Lipinski definition) is 3. The fraction of sp³-hybridized carbons (Fsp3) is 0.462. The first-order chi connectivity index (χ1) is 7.79. The van der Waals surface area contributed by atoms with E-state index in [0.717, 1.165) is 11.3 Å². The van der Waals surface area contributed by atoms with Gasteiger partial charge in [0.2, 0.25) is 0 Å². The molecule has 0 fully saturated rings. The summed E-state index contributed by atoms with van der Waals surface area (Å²) < 4.78 is 5.20. The quantitative estimate of drug-likeness (QED) is 0.842. The van der Waals surface area contributed by atoms with Crippen LogP contribution in [0.2, 0.25) is 5.02 Å². The summed E-state index contributed by atoms with van der Waals surface area (Å²) in [5.74, 6) is -0.281. The summed E-state index contributed by atoms with van der Waals surface area (Å²) in [7, 11) is 0. The molecule has 17 heavy (non-hydrogen) atoms. The first-order valence-corrected chi connectivity index (χ1v) is 5.88. The second-order valence-electron chi connectivity index (χ2n) is 4.85. The van der Waals surface area contributed by atoms with Gasteiger partial charge in [0.15, 0.2) is 0 Å². The maximum Gasteiger partial charge on any atom is 0.325 e. The van der Waals surface area contributed by atoms with Gasteiger partial charge in [0.25, 0.3) is 0 Å². The van der Waals surface area contributed by atoms with Crippen molar-refractivity contribution in [2.24, 2.45) is 0 Å². The van der Waals surface area contributed by atoms with E-state index in [0.29, 0.717) is 5.02 Å². The molecule has 0 unspecified atom stereocenters. The van der Waals surface area contributed by atoms with Crippen molar-refractivity contribution in [1.29, 1.82) is 0 Å². The van der Waals surface area contributed by atoms with Crippen molar-refractivity contribution in [3.63, 3.8) is 0 Å². The number of carbonyl (C=O) groups excluding carboxylic acids is 1. The Bertz CT molecular complexity index is 410. The van der Waals surface area contributed by atoms with Crippen LogP contribution in [0.4, 0.5) is 5.69 Å². The minimum Gasteiger partial charge on any atom is -0.459 e. The van der Waals surface area contributed by atoms with Crippen molar-refractivity contribution >= 4 is 23.3 Å². The molecule has 0 saturated heterocycles. The first-order valence-electron chi connectivity index (χ1n) is 5.50. The molecule has 94 valence electrons. The van der Waals surface area contributed by atoms with Gasteiger partial charge in [-0.1, -0.05) is 17.7 Å². The lowest BCUT2D eigenvalue weighted by atomic mass is 10.2. The Labute approximate surface area is 107 Å². The molecule has 0 aliphatic carbocycles. The van der Waals surface area contributed by atoms with Gasteiger partial charge in [0, 0.05) is 10.7 Å². The number of hydrogen-bond donors (Lipinski definition) is 1. The zero-order chi connectivity index (χ0) is 13.1. The van der Waals surface area contributed by atoms with Gasteiger partial charge in [0.05, 0.1) is 0 Å². The van der Waals surface area contributed by atoms with Crippen LogP contribution in [-0.2, 0) is 9.53 Å². The standard InChI is InChI=1S/C13H18ClNO2/c1-9-10(14)6-5-7-11(9)15-8-12(16)17-13(2,3)4/h5-7,15H,8H2,1-4H3. The van der Waals surface area contributed by atoms with E-state index in [-0.39, 0.29) is 12.5 Å². The molecule has 0 aliphatic rings. The molecule has 0 aromatic heterocycles. The van der Waals surface area contributed by atoms with E-state index in [9.17, 15) is 4.79 Å². The maximum atomic E-state index is 11.5. The number of esters is 1. The van der Waals surface area contributed by atoms with Crippen LogP contribution in [0.25, 0.3) is 0 Å². The van der Waals surface area contributed by atoms with E-state index < -0.39 is 5.60 Å². The van der Waals surface area contributed by atoms with Crippen LogP contribution in [0.3, 0.4) is 0 Å². The molecule has 0 bridgehead atoms. The molecule has 1 N–H and O–H groups in total. The minimum atomic E-state index is -0.456. The van der Waals surface area contributed by atoms with Crippen LogP contribution in [0.1, 0.15) is 26.3 Å². The van der Waals surface area contributed by atoms with Crippen molar-refractivity contribution in [2.45, 2.75) is 33.3 Å². The van der Waals surface area contributed by atoms with Crippen LogP contribution in [0.5, 0.6) is 0 Å². The molecule has 3 nitrogen and oxygen atoms in total. The maximum absolute atomic E-state index is 11.5. The molecule has 1 aromatic rings. The highest BCUT2D eigenvalue weighted by Gasteiger charge is 2.16. The Kier molecular flexibility index (Phi) is 4.40. The van der Waals surface area contributed by atoms with Crippen molar-refractivity contribution in [1.82, 2.24) is 0 Å². The van der Waals surface area contributed by atoms with Crippen LogP contribution >= 0.6 is 11.6 Å². The smallest absolute Gasteiger partial charge is 0.325 e. The van der Waals surface area contributed by atoms with Gasteiger partial charge in [-0.3, -0.25) is 4.79 Å². The molecule has 4 heteroatoms. The van der Waals surface area contributed by atoms with Crippen LogP contribution in [-0.4, -0.2) is 18.1 Å². The molecule has 0 heterocycles. The van der Waals surface area contributed by atoms with Gasteiger partial charge in [-0.2, -0.15) is 0 Å². The number of rotatable bonds is 3. The third-order valence-corrected chi connectivity index (χ3v) is 2.52. The second kappa shape index (κ2) is 5.41. The SMILES string of the molecule is Cc1c(Cl)cccc1NCC(=O)OC(C)(C)C. The van der Waals surface area contributed by atoms with Crippen molar-refractivity contribution in [3.05, 3.63) is 28.8 Å². The highest BCUT2D eigenvalue weighted by molar-refractivity contribution is 6.31. The van der Waals surface area contributed by atoms with Gasteiger partial charge in [-0.05, 0) is 45.4 Å². The van der Waals surface area contributed by atoms with E-state index >= 15 is 0 Å². The Morgan fingerprint density at radius 2 is 2.06 bits per heavy atom. The minimum absolute atomic E-state index is 0.137. The van der Waals surface area contributed by atoms with E-state index in [1.54, 1.807) is 0 Å². The monoisotopic (exact) mass is 255 g/mol. The van der Waals surface area contributed by atoms with Crippen molar-refractivity contribution < 1.29 is 9.53 Å². The normalized spacial score (nSPS) is 11.1. The lowest BCUT2D eigenvalue weighted by Crippen LogP contribution is -2.28. The molecular weight excluding hydrogens is 238 g/mol. The van der Waals surface area contributed by atoms with Gasteiger partial charge in [-0.25, -0.2) is 0 Å². The van der Waals surface area contributed by atoms with Gasteiger partial charge >= 0.3 is 5.97 Å². The van der Waals surface area contributed by atoms with Crippen LogP contribution in [0.15, 0.2) is 18.2 Å². The number of ether oxygens (including phenoxy) is 1. The summed E-state index contributed by atoms with van der Waals surface area (Å²) in [6, 6.07) is 5.54. The van der Waals surface area contributed by atoms with E-state index in [1.807, 2.05) is 45.9 Å². The van der Waals surface area contributed by atoms with Gasteiger partial charge in [-0.15, -0.1) is 0 Å². The van der Waals surface area contributed by atoms with Gasteiger partial charge < -0.3 is 10.1 Å². The number of nitrogens with one attached hydrogen (secondary N) is 1. The third-order valence-electron chi connectivity index (χ3n) is 2.11. The molecule has 0 atom stereocenters. The summed E-state index contributed by atoms with van der Waals surface area (Å²) in [6.07, 6.45) is 0. The molecule has 0 spiro atoms. The lowest BCUT2D eigenvalue weighted by Gasteiger charge is -2.20. The summed E-state index contributed by atoms with van der Waals surface area (Å²) >= 11 is 5.98. The fourth-order valence-electron chi connectivity index (χ4n) is 1.34. The summed E-state index contributed by atoms with van der Waals surface area (Å²) in [5, 5.41) is 3.70. The van der Waals surface area contributed by atoms with E-state index in [2.05, 4.69) is 5.32 Å². The topological polar surface area (TPSA) is 38.3 Å². The number of halogens is 1.